The Hall–Kier alpha value is -0.266. The first-order valence-corrected chi connectivity index (χ1v) is 17.5. The molecule has 3 nitrogen and oxygen atoms in total. The van der Waals surface area contributed by atoms with Crippen LogP contribution in [-0.4, -0.2) is 34.1 Å². The SMILES string of the molecule is CC(=O)C(CC(O[Si](C)(C)C(C)(C)C)C(=O)[C@@]1(C)CCCC1(C)C)[Si](C)(C)C. The zero-order valence-electron chi connectivity index (χ0n) is 20.7. The van der Waals surface area contributed by atoms with E-state index in [1.54, 1.807) is 6.92 Å². The summed E-state index contributed by atoms with van der Waals surface area (Å²) in [7, 11) is -3.88. The predicted molar refractivity (Wildman–Crippen MR) is 125 cm³/mol. The molecule has 164 valence electrons. The Bertz CT molecular complexity index is 596. The van der Waals surface area contributed by atoms with Crippen molar-refractivity contribution >= 4 is 28.0 Å². The van der Waals surface area contributed by atoms with Gasteiger partial charge in [-0.2, -0.15) is 0 Å². The Kier molecular flexibility index (Phi) is 7.46. The molecule has 28 heavy (non-hydrogen) atoms. The van der Waals surface area contributed by atoms with Gasteiger partial charge in [0.05, 0.1) is 8.07 Å². The van der Waals surface area contributed by atoms with Gasteiger partial charge in [-0.1, -0.05) is 67.6 Å². The highest BCUT2D eigenvalue weighted by Crippen LogP contribution is 2.54. The maximum atomic E-state index is 14.0. The van der Waals surface area contributed by atoms with Crippen LogP contribution < -0.4 is 0 Å². The minimum atomic E-state index is -2.14. The average Bonchev–Trinajstić information content (AvgIpc) is 2.74. The van der Waals surface area contributed by atoms with Gasteiger partial charge < -0.3 is 9.22 Å². The Morgan fingerprint density at radius 2 is 1.50 bits per heavy atom. The van der Waals surface area contributed by atoms with Gasteiger partial charge in [-0.3, -0.25) is 4.79 Å². The highest BCUT2D eigenvalue weighted by atomic mass is 28.4. The van der Waals surface area contributed by atoms with Crippen LogP contribution in [0.5, 0.6) is 0 Å². The second-order valence-corrected chi connectivity index (χ2v) is 22.8. The molecule has 2 unspecified atom stereocenters. The van der Waals surface area contributed by atoms with Gasteiger partial charge in [-0.15, -0.1) is 0 Å². The standard InChI is InChI=1S/C23H46O3Si2/c1-17(24)19(27(8,9)10)16-18(26-28(11,12)21(2,3)4)20(25)23(7)15-13-14-22(23,5)6/h18-19H,13-16H2,1-12H3/t18?,19?,23-/m1/s1. The molecule has 3 atom stereocenters. The normalized spacial score (nSPS) is 25.4. The van der Waals surface area contributed by atoms with Gasteiger partial charge >= 0.3 is 0 Å². The molecule has 1 fully saturated rings. The van der Waals surface area contributed by atoms with Gasteiger partial charge in [0, 0.05) is 11.0 Å². The van der Waals surface area contributed by atoms with E-state index < -0.39 is 22.5 Å². The van der Waals surface area contributed by atoms with Crippen LogP contribution in [0, 0.1) is 10.8 Å². The molecule has 1 aliphatic carbocycles. The Morgan fingerprint density at radius 3 is 1.82 bits per heavy atom. The minimum absolute atomic E-state index is 0.0238. The molecule has 0 spiro atoms. The largest absolute Gasteiger partial charge is 0.407 e. The van der Waals surface area contributed by atoms with E-state index in [0.717, 1.165) is 19.3 Å². The molecular formula is C23H46O3Si2. The van der Waals surface area contributed by atoms with Gasteiger partial charge in [0.25, 0.3) is 0 Å². The van der Waals surface area contributed by atoms with Crippen molar-refractivity contribution in [2.75, 3.05) is 0 Å². The topological polar surface area (TPSA) is 43.4 Å². The van der Waals surface area contributed by atoms with Crippen molar-refractivity contribution in [2.24, 2.45) is 10.8 Å². The summed E-state index contributed by atoms with van der Waals surface area (Å²) in [5.74, 6) is 0.455. The summed E-state index contributed by atoms with van der Waals surface area (Å²) in [5.41, 5.74) is -0.440. The second-order valence-electron chi connectivity index (χ2n) is 12.6. The minimum Gasteiger partial charge on any atom is -0.407 e. The van der Waals surface area contributed by atoms with Crippen LogP contribution in [0.3, 0.4) is 0 Å². The van der Waals surface area contributed by atoms with E-state index in [4.69, 9.17) is 4.43 Å². The third-order valence-electron chi connectivity index (χ3n) is 8.04. The van der Waals surface area contributed by atoms with Crippen molar-refractivity contribution in [1.82, 2.24) is 0 Å². The van der Waals surface area contributed by atoms with Crippen LogP contribution in [0.1, 0.15) is 74.1 Å². The summed E-state index contributed by atoms with van der Waals surface area (Å²) >= 11 is 0. The molecule has 1 aliphatic rings. The fraction of sp³-hybridized carbons (Fsp3) is 0.913. The van der Waals surface area contributed by atoms with E-state index in [9.17, 15) is 9.59 Å². The molecule has 5 heteroatoms. The molecule has 0 amide bonds. The lowest BCUT2D eigenvalue weighted by molar-refractivity contribution is -0.141. The van der Waals surface area contributed by atoms with Gasteiger partial charge in [0.15, 0.2) is 14.1 Å². The fourth-order valence-corrected chi connectivity index (χ4v) is 7.80. The first-order chi connectivity index (χ1) is 12.3. The van der Waals surface area contributed by atoms with E-state index in [2.05, 4.69) is 74.3 Å². The fourth-order valence-electron chi connectivity index (χ4n) is 4.39. The molecule has 0 N–H and O–H groups in total. The summed E-state index contributed by atoms with van der Waals surface area (Å²) in [6, 6.07) is 0. The first kappa shape index (κ1) is 25.8. The quantitative estimate of drug-likeness (QED) is 0.399. The van der Waals surface area contributed by atoms with Gasteiger partial charge in [0.1, 0.15) is 11.9 Å². The van der Waals surface area contributed by atoms with Crippen LogP contribution in [-0.2, 0) is 14.0 Å². The molecule has 0 heterocycles. The molecule has 0 aliphatic heterocycles. The molecule has 0 bridgehead atoms. The number of Topliss-reactive ketones (excluding diaryl/α,β-unsaturated/α-hetero) is 2. The lowest BCUT2D eigenvalue weighted by atomic mass is 9.65. The predicted octanol–water partition coefficient (Wildman–Crippen LogP) is 6.85. The Labute approximate surface area is 176 Å². The highest BCUT2D eigenvalue weighted by Gasteiger charge is 2.54. The van der Waals surface area contributed by atoms with Crippen LogP contribution in [0.15, 0.2) is 0 Å². The van der Waals surface area contributed by atoms with Gasteiger partial charge in [-0.25, -0.2) is 0 Å². The van der Waals surface area contributed by atoms with E-state index >= 15 is 0 Å². The van der Waals surface area contributed by atoms with Crippen molar-refractivity contribution in [3.63, 3.8) is 0 Å². The average molecular weight is 427 g/mol. The summed E-state index contributed by atoms with van der Waals surface area (Å²) in [6.07, 6.45) is 3.18. The summed E-state index contributed by atoms with van der Waals surface area (Å²) in [5, 5.41) is 0.0303. The molecule has 0 saturated heterocycles. The number of rotatable bonds is 8. The molecule has 1 saturated carbocycles. The summed E-state index contributed by atoms with van der Waals surface area (Å²) in [4.78, 5) is 26.5. The molecular weight excluding hydrogens is 380 g/mol. The van der Waals surface area contributed by atoms with E-state index in [1.165, 1.54) is 0 Å². The lowest BCUT2D eigenvalue weighted by Gasteiger charge is -2.45. The summed E-state index contributed by atoms with van der Waals surface area (Å²) < 4.78 is 6.77. The Morgan fingerprint density at radius 1 is 1.00 bits per heavy atom. The van der Waals surface area contributed by atoms with E-state index in [-0.39, 0.29) is 33.0 Å². The smallest absolute Gasteiger partial charge is 0.193 e. The molecule has 0 aromatic carbocycles. The lowest BCUT2D eigenvalue weighted by Crippen LogP contribution is -2.52. The van der Waals surface area contributed by atoms with E-state index in [0.29, 0.717) is 6.42 Å². The number of hydrogen-bond donors (Lipinski definition) is 0. The van der Waals surface area contributed by atoms with Crippen molar-refractivity contribution < 1.29 is 14.0 Å². The van der Waals surface area contributed by atoms with Crippen LogP contribution in [0.4, 0.5) is 0 Å². The Balaban J connectivity index is 3.36. The van der Waals surface area contributed by atoms with Crippen molar-refractivity contribution in [3.8, 4) is 0 Å². The molecule has 0 radical (unpaired) electrons. The number of carbonyl (C=O) groups is 2. The molecule has 0 aromatic heterocycles. The number of carbonyl (C=O) groups excluding carboxylic acids is 2. The number of ketones is 2. The monoisotopic (exact) mass is 426 g/mol. The summed E-state index contributed by atoms with van der Waals surface area (Å²) in [6.45, 7) is 26.0. The van der Waals surface area contributed by atoms with Crippen LogP contribution >= 0.6 is 0 Å². The third kappa shape index (κ3) is 5.26. The third-order valence-corrected chi connectivity index (χ3v) is 15.3. The van der Waals surface area contributed by atoms with Crippen LogP contribution in [0.25, 0.3) is 0 Å². The maximum absolute atomic E-state index is 14.0. The van der Waals surface area contributed by atoms with Crippen molar-refractivity contribution in [1.29, 1.82) is 0 Å². The van der Waals surface area contributed by atoms with Gasteiger partial charge in [0.2, 0.25) is 0 Å². The zero-order valence-corrected chi connectivity index (χ0v) is 22.7. The van der Waals surface area contributed by atoms with Crippen molar-refractivity contribution in [3.05, 3.63) is 0 Å². The second kappa shape index (κ2) is 8.11. The maximum Gasteiger partial charge on any atom is 0.193 e. The first-order valence-electron chi connectivity index (χ1n) is 11.0. The zero-order chi connectivity index (χ0) is 22.3. The number of hydrogen-bond acceptors (Lipinski definition) is 3. The molecule has 1 rings (SSSR count). The van der Waals surface area contributed by atoms with Crippen LogP contribution in [0.2, 0.25) is 43.3 Å². The van der Waals surface area contributed by atoms with Crippen molar-refractivity contribution in [2.45, 2.75) is 124 Å². The van der Waals surface area contributed by atoms with Gasteiger partial charge in [-0.05, 0) is 49.7 Å². The molecule has 0 aromatic rings. The van der Waals surface area contributed by atoms with E-state index in [1.807, 2.05) is 0 Å². The highest BCUT2D eigenvalue weighted by molar-refractivity contribution is 6.80.